The lowest BCUT2D eigenvalue weighted by Gasteiger charge is -2.05. The number of unbranched alkanes of at least 4 members (excludes halogenated alkanes) is 1. The van der Waals surface area contributed by atoms with Crippen LogP contribution in [-0.4, -0.2) is 30.4 Å². The van der Waals surface area contributed by atoms with Crippen molar-refractivity contribution in [3.63, 3.8) is 0 Å². The first-order valence-corrected chi connectivity index (χ1v) is 10.7. The number of hydrogen-bond donors (Lipinski definition) is 0. The zero-order valence-electron chi connectivity index (χ0n) is 15.8. The van der Waals surface area contributed by atoms with Gasteiger partial charge in [0.2, 0.25) is 16.9 Å². The van der Waals surface area contributed by atoms with Crippen LogP contribution in [0.3, 0.4) is 0 Å². The summed E-state index contributed by atoms with van der Waals surface area (Å²) in [6.07, 6.45) is 3.46. The second-order valence-corrected chi connectivity index (χ2v) is 7.82. The lowest BCUT2D eigenvalue weighted by molar-refractivity contribution is 0.528. The normalized spacial score (nSPS) is 11.1. The smallest absolute Gasteiger partial charge is 0.247 e. The van der Waals surface area contributed by atoms with E-state index in [1.807, 2.05) is 24.3 Å². The molecule has 0 radical (unpaired) electrons. The standard InChI is InChI=1S/C20H19ClN6OS/c1-2-3-4-14-5-11-17(12-6-14)27-20(24-25-26-27)29-13-18-22-23-19(28-18)15-7-9-16(21)10-8-15/h5-12H,2-4,13H2,1H3. The number of halogens is 1. The van der Waals surface area contributed by atoms with Crippen LogP contribution in [0.4, 0.5) is 0 Å². The molecule has 0 spiro atoms. The van der Waals surface area contributed by atoms with Gasteiger partial charge in [-0.15, -0.1) is 15.3 Å². The van der Waals surface area contributed by atoms with Crippen LogP contribution in [-0.2, 0) is 12.2 Å². The summed E-state index contributed by atoms with van der Waals surface area (Å²) >= 11 is 7.36. The van der Waals surface area contributed by atoms with E-state index in [4.69, 9.17) is 16.0 Å². The van der Waals surface area contributed by atoms with Crippen molar-refractivity contribution in [1.29, 1.82) is 0 Å². The molecule has 4 rings (SSSR count). The third-order valence-electron chi connectivity index (χ3n) is 4.32. The summed E-state index contributed by atoms with van der Waals surface area (Å²) in [5.41, 5.74) is 3.06. The molecule has 0 amide bonds. The first-order chi connectivity index (χ1) is 14.2. The quantitative estimate of drug-likeness (QED) is 0.366. The van der Waals surface area contributed by atoms with Gasteiger partial charge in [0, 0.05) is 10.6 Å². The van der Waals surface area contributed by atoms with Gasteiger partial charge in [0.15, 0.2) is 0 Å². The van der Waals surface area contributed by atoms with Gasteiger partial charge in [-0.25, -0.2) is 0 Å². The maximum Gasteiger partial charge on any atom is 0.247 e. The Morgan fingerprint density at radius 2 is 1.79 bits per heavy atom. The highest BCUT2D eigenvalue weighted by Gasteiger charge is 2.13. The lowest BCUT2D eigenvalue weighted by atomic mass is 10.1. The highest BCUT2D eigenvalue weighted by molar-refractivity contribution is 7.98. The maximum absolute atomic E-state index is 5.92. The summed E-state index contributed by atoms with van der Waals surface area (Å²) in [5, 5.41) is 21.6. The van der Waals surface area contributed by atoms with E-state index in [1.165, 1.54) is 30.2 Å². The van der Waals surface area contributed by atoms with Gasteiger partial charge in [0.1, 0.15) is 0 Å². The topological polar surface area (TPSA) is 82.5 Å². The Hall–Kier alpha value is -2.71. The van der Waals surface area contributed by atoms with Crippen molar-refractivity contribution in [2.75, 3.05) is 0 Å². The molecule has 0 aliphatic rings. The Labute approximate surface area is 177 Å². The Morgan fingerprint density at radius 1 is 1.00 bits per heavy atom. The van der Waals surface area contributed by atoms with Crippen LogP contribution in [0.5, 0.6) is 0 Å². The number of thioether (sulfide) groups is 1. The molecule has 0 N–H and O–H groups in total. The molecule has 148 valence electrons. The zero-order valence-corrected chi connectivity index (χ0v) is 17.4. The molecule has 4 aromatic rings. The molecule has 2 heterocycles. The van der Waals surface area contributed by atoms with E-state index in [1.54, 1.807) is 16.8 Å². The van der Waals surface area contributed by atoms with Gasteiger partial charge in [-0.2, -0.15) is 4.68 Å². The maximum atomic E-state index is 5.92. The first-order valence-electron chi connectivity index (χ1n) is 9.32. The van der Waals surface area contributed by atoms with Gasteiger partial charge in [-0.3, -0.25) is 0 Å². The predicted octanol–water partition coefficient (Wildman–Crippen LogP) is 5.00. The largest absolute Gasteiger partial charge is 0.420 e. The van der Waals surface area contributed by atoms with Crippen molar-refractivity contribution in [3.8, 4) is 17.1 Å². The predicted molar refractivity (Wildman–Crippen MR) is 112 cm³/mol. The third-order valence-corrected chi connectivity index (χ3v) is 5.48. The molecule has 0 atom stereocenters. The fraction of sp³-hybridized carbons (Fsp3) is 0.250. The number of benzene rings is 2. The van der Waals surface area contributed by atoms with Crippen LogP contribution in [0.2, 0.25) is 5.02 Å². The van der Waals surface area contributed by atoms with Gasteiger partial charge >= 0.3 is 0 Å². The van der Waals surface area contributed by atoms with Crippen molar-refractivity contribution in [2.45, 2.75) is 37.1 Å². The van der Waals surface area contributed by atoms with Crippen LogP contribution >= 0.6 is 23.4 Å². The van der Waals surface area contributed by atoms with E-state index in [-0.39, 0.29) is 0 Å². The van der Waals surface area contributed by atoms with Gasteiger partial charge in [0.05, 0.1) is 11.4 Å². The van der Waals surface area contributed by atoms with Crippen molar-refractivity contribution in [1.82, 2.24) is 30.4 Å². The number of nitrogens with zero attached hydrogens (tertiary/aromatic N) is 6. The molecule has 2 aromatic carbocycles. The summed E-state index contributed by atoms with van der Waals surface area (Å²) in [7, 11) is 0. The average Bonchev–Trinajstić information content (AvgIpc) is 3.41. The fourth-order valence-corrected chi connectivity index (χ4v) is 3.62. The average molecular weight is 427 g/mol. The molecule has 0 aliphatic heterocycles. The minimum atomic E-state index is 0.458. The minimum Gasteiger partial charge on any atom is -0.420 e. The Morgan fingerprint density at radius 3 is 2.55 bits per heavy atom. The molecule has 7 nitrogen and oxygen atoms in total. The summed E-state index contributed by atoms with van der Waals surface area (Å²) in [4.78, 5) is 0. The van der Waals surface area contributed by atoms with Crippen LogP contribution in [0.1, 0.15) is 31.2 Å². The first kappa shape index (κ1) is 19.6. The van der Waals surface area contributed by atoms with Crippen LogP contribution in [0.25, 0.3) is 17.1 Å². The molecule has 2 aromatic heterocycles. The van der Waals surface area contributed by atoms with E-state index in [9.17, 15) is 0 Å². The van der Waals surface area contributed by atoms with Crippen LogP contribution < -0.4 is 0 Å². The second kappa shape index (κ2) is 9.19. The van der Waals surface area contributed by atoms with Crippen LogP contribution in [0.15, 0.2) is 58.1 Å². The molecule has 0 aliphatic carbocycles. The summed E-state index contributed by atoms with van der Waals surface area (Å²) in [6.45, 7) is 2.20. The number of tetrazole rings is 1. The van der Waals surface area contributed by atoms with Crippen molar-refractivity contribution in [2.24, 2.45) is 0 Å². The lowest BCUT2D eigenvalue weighted by Crippen LogP contribution is -1.99. The summed E-state index contributed by atoms with van der Waals surface area (Å²) in [5.74, 6) is 1.43. The summed E-state index contributed by atoms with van der Waals surface area (Å²) in [6, 6.07) is 15.6. The molecule has 29 heavy (non-hydrogen) atoms. The van der Waals surface area contributed by atoms with Crippen LogP contribution in [0, 0.1) is 0 Å². The Kier molecular flexibility index (Phi) is 6.21. The molecular weight excluding hydrogens is 408 g/mol. The fourth-order valence-electron chi connectivity index (χ4n) is 2.76. The summed E-state index contributed by atoms with van der Waals surface area (Å²) < 4.78 is 7.46. The van der Waals surface area contributed by atoms with Crippen molar-refractivity contribution in [3.05, 3.63) is 65.0 Å². The zero-order chi connectivity index (χ0) is 20.1. The SMILES string of the molecule is CCCCc1ccc(-n2nnnc2SCc2nnc(-c3ccc(Cl)cc3)o2)cc1. The van der Waals surface area contributed by atoms with Gasteiger partial charge in [-0.05, 0) is 65.2 Å². The molecule has 9 heteroatoms. The number of hydrogen-bond acceptors (Lipinski definition) is 7. The Bertz CT molecular complexity index is 1060. The molecule has 0 bridgehead atoms. The van der Waals surface area contributed by atoms with E-state index in [2.05, 4.69) is 44.8 Å². The van der Waals surface area contributed by atoms with Crippen molar-refractivity contribution >= 4 is 23.4 Å². The Balaban J connectivity index is 1.43. The molecular formula is C20H19ClN6OS. The van der Waals surface area contributed by atoms with Gasteiger partial charge in [-0.1, -0.05) is 48.8 Å². The third kappa shape index (κ3) is 4.83. The minimum absolute atomic E-state index is 0.458. The van der Waals surface area contributed by atoms with E-state index in [0.717, 1.165) is 17.7 Å². The van der Waals surface area contributed by atoms with Gasteiger partial charge in [0.25, 0.3) is 0 Å². The molecule has 0 fully saturated rings. The number of rotatable bonds is 8. The van der Waals surface area contributed by atoms with Crippen molar-refractivity contribution < 1.29 is 4.42 Å². The van der Waals surface area contributed by atoms with E-state index >= 15 is 0 Å². The molecule has 0 saturated heterocycles. The highest BCUT2D eigenvalue weighted by Crippen LogP contribution is 2.25. The molecule has 0 unspecified atom stereocenters. The van der Waals surface area contributed by atoms with E-state index in [0.29, 0.717) is 27.7 Å². The highest BCUT2D eigenvalue weighted by atomic mass is 35.5. The second-order valence-electron chi connectivity index (χ2n) is 6.44. The van der Waals surface area contributed by atoms with Gasteiger partial charge < -0.3 is 4.42 Å². The number of aryl methyl sites for hydroxylation is 1. The molecule has 0 saturated carbocycles. The monoisotopic (exact) mass is 426 g/mol. The number of aromatic nitrogens is 6. The van der Waals surface area contributed by atoms with E-state index < -0.39 is 0 Å².